The fraction of sp³-hybridized carbons (Fsp3) is 0.0435. The summed E-state index contributed by atoms with van der Waals surface area (Å²) in [7, 11) is 1.80. The van der Waals surface area contributed by atoms with Crippen molar-refractivity contribution in [2.75, 3.05) is 0 Å². The normalized spacial score (nSPS) is 11.5. The van der Waals surface area contributed by atoms with E-state index in [-0.39, 0.29) is 0 Å². The lowest BCUT2D eigenvalue weighted by molar-refractivity contribution is 0.560. The summed E-state index contributed by atoms with van der Waals surface area (Å²) in [6.07, 6.45) is 0. The molecule has 0 saturated heterocycles. The smallest absolute Gasteiger partial charge is 0.345 e. The van der Waals surface area contributed by atoms with Gasteiger partial charge in [-0.1, -0.05) is 31.9 Å². The first-order chi connectivity index (χ1) is 15.2. The van der Waals surface area contributed by atoms with Crippen LogP contribution in [0.25, 0.3) is 44.5 Å². The van der Waals surface area contributed by atoms with Gasteiger partial charge in [-0.25, -0.2) is 9.59 Å². The van der Waals surface area contributed by atoms with Crippen LogP contribution in [0.3, 0.4) is 0 Å². The Morgan fingerprint density at radius 2 is 1.06 bits per heavy atom. The topological polar surface area (TPSA) is 65.3 Å². The molecule has 0 unspecified atom stereocenters. The second-order valence-electron chi connectivity index (χ2n) is 7.17. The maximum atomic E-state index is 12.8. The summed E-state index contributed by atoms with van der Waals surface area (Å²) in [6, 6.07) is 14.6. The molecular weight excluding hydrogens is 674 g/mol. The molecular formula is C23H11Br4NO4. The van der Waals surface area contributed by atoms with Crippen molar-refractivity contribution in [3.63, 3.8) is 0 Å². The van der Waals surface area contributed by atoms with Crippen LogP contribution in [0.15, 0.2) is 84.8 Å². The predicted molar refractivity (Wildman–Crippen MR) is 139 cm³/mol. The zero-order valence-electron chi connectivity index (χ0n) is 16.2. The molecule has 5 nitrogen and oxygen atoms in total. The van der Waals surface area contributed by atoms with Gasteiger partial charge in [-0.2, -0.15) is 0 Å². The van der Waals surface area contributed by atoms with Gasteiger partial charge in [0.25, 0.3) is 0 Å². The summed E-state index contributed by atoms with van der Waals surface area (Å²) < 4.78 is 16.0. The Kier molecular flexibility index (Phi) is 5.56. The van der Waals surface area contributed by atoms with Crippen LogP contribution in [0.2, 0.25) is 0 Å². The molecule has 0 atom stereocenters. The lowest BCUT2D eigenvalue weighted by Crippen LogP contribution is -2.09. The Morgan fingerprint density at radius 3 is 1.47 bits per heavy atom. The molecule has 2 aromatic carbocycles. The van der Waals surface area contributed by atoms with Crippen LogP contribution >= 0.6 is 63.7 Å². The van der Waals surface area contributed by atoms with E-state index < -0.39 is 11.3 Å². The molecule has 0 aliphatic carbocycles. The Balaban J connectivity index is 1.71. The van der Waals surface area contributed by atoms with E-state index in [9.17, 15) is 9.59 Å². The molecule has 0 saturated carbocycles. The monoisotopic (exact) mass is 681 g/mol. The summed E-state index contributed by atoms with van der Waals surface area (Å²) in [5.74, 6) is 0. The molecule has 0 spiro atoms. The summed E-state index contributed by atoms with van der Waals surface area (Å²) in [4.78, 5) is 25.6. The van der Waals surface area contributed by atoms with Gasteiger partial charge >= 0.3 is 11.3 Å². The summed E-state index contributed by atoms with van der Waals surface area (Å²) in [5, 5.41) is 1.53. The SMILES string of the molecule is Cn1c(-c2cc3cc(Br)cc(Br)c3oc2=O)ccc1-c1cc2cc(Br)cc(Br)c2oc1=O. The molecule has 160 valence electrons. The van der Waals surface area contributed by atoms with Crippen LogP contribution in [0, 0.1) is 0 Å². The van der Waals surface area contributed by atoms with Gasteiger partial charge in [0.2, 0.25) is 0 Å². The zero-order valence-corrected chi connectivity index (χ0v) is 22.6. The molecule has 32 heavy (non-hydrogen) atoms. The number of rotatable bonds is 2. The van der Waals surface area contributed by atoms with Crippen LogP contribution in [0.5, 0.6) is 0 Å². The Labute approximate surface area is 214 Å². The molecule has 3 aromatic heterocycles. The van der Waals surface area contributed by atoms with Crippen LogP contribution in [-0.4, -0.2) is 4.57 Å². The molecule has 0 radical (unpaired) electrons. The minimum absolute atomic E-state index is 0.395. The Morgan fingerprint density at radius 1 is 0.656 bits per heavy atom. The van der Waals surface area contributed by atoms with E-state index in [1.165, 1.54) is 0 Å². The summed E-state index contributed by atoms with van der Waals surface area (Å²) in [5.41, 5.74) is 2.06. The van der Waals surface area contributed by atoms with Crippen molar-refractivity contribution in [2.45, 2.75) is 0 Å². The van der Waals surface area contributed by atoms with Gasteiger partial charge in [-0.3, -0.25) is 0 Å². The van der Waals surface area contributed by atoms with Gasteiger partial charge in [0.1, 0.15) is 0 Å². The molecule has 5 rings (SSSR count). The average Bonchev–Trinajstić information content (AvgIpc) is 3.09. The molecule has 0 aliphatic heterocycles. The molecule has 9 heteroatoms. The van der Waals surface area contributed by atoms with E-state index in [4.69, 9.17) is 8.83 Å². The predicted octanol–water partition coefficient (Wildman–Crippen LogP) is 7.62. The van der Waals surface area contributed by atoms with Gasteiger partial charge in [-0.05, 0) is 80.4 Å². The van der Waals surface area contributed by atoms with Crippen LogP contribution < -0.4 is 11.3 Å². The maximum absolute atomic E-state index is 12.8. The number of hydrogen-bond donors (Lipinski definition) is 0. The number of benzene rings is 2. The van der Waals surface area contributed by atoms with Crippen LogP contribution in [-0.2, 0) is 7.05 Å². The molecule has 0 fully saturated rings. The van der Waals surface area contributed by atoms with Gasteiger partial charge in [-0.15, -0.1) is 0 Å². The highest BCUT2D eigenvalue weighted by molar-refractivity contribution is 9.11. The van der Waals surface area contributed by atoms with Crippen LogP contribution in [0.1, 0.15) is 0 Å². The quantitative estimate of drug-likeness (QED) is 0.180. The third kappa shape index (κ3) is 3.65. The minimum Gasteiger partial charge on any atom is -0.421 e. The lowest BCUT2D eigenvalue weighted by atomic mass is 10.1. The first-order valence-corrected chi connectivity index (χ1v) is 12.4. The van der Waals surface area contributed by atoms with E-state index in [0.717, 1.165) is 19.7 Å². The Hall–Kier alpha value is -1.94. The molecule has 0 bridgehead atoms. The van der Waals surface area contributed by atoms with Gasteiger partial charge in [0, 0.05) is 26.8 Å². The third-order valence-corrected chi connectivity index (χ3v) is 7.27. The summed E-state index contributed by atoms with van der Waals surface area (Å²) >= 11 is 13.8. The van der Waals surface area contributed by atoms with Crippen molar-refractivity contribution >= 4 is 85.7 Å². The standard InChI is InChI=1S/C23H11Br4NO4/c1-28-18(14-6-10-4-12(24)8-16(26)20(10)31-22(14)29)2-3-19(28)15-7-11-5-13(25)9-17(27)21(11)32-23(15)30/h2-9H,1H3. The van der Waals surface area contributed by atoms with Crippen molar-refractivity contribution in [3.8, 4) is 22.5 Å². The largest absolute Gasteiger partial charge is 0.421 e. The van der Waals surface area contributed by atoms with Crippen molar-refractivity contribution < 1.29 is 8.83 Å². The van der Waals surface area contributed by atoms with Crippen LogP contribution in [0.4, 0.5) is 0 Å². The highest BCUT2D eigenvalue weighted by Gasteiger charge is 2.18. The molecule has 5 aromatic rings. The highest BCUT2D eigenvalue weighted by Crippen LogP contribution is 2.33. The Bertz CT molecular complexity index is 1560. The average molecular weight is 685 g/mol. The number of aromatic nitrogens is 1. The van der Waals surface area contributed by atoms with Crippen molar-refractivity contribution in [1.29, 1.82) is 0 Å². The molecule has 0 amide bonds. The lowest BCUT2D eigenvalue weighted by Gasteiger charge is -2.09. The third-order valence-electron chi connectivity index (χ3n) is 5.18. The van der Waals surface area contributed by atoms with Crippen molar-refractivity contribution in [3.05, 3.63) is 87.3 Å². The number of fused-ring (bicyclic) bond motifs is 2. The summed E-state index contributed by atoms with van der Waals surface area (Å²) in [6.45, 7) is 0. The number of hydrogen-bond acceptors (Lipinski definition) is 4. The maximum Gasteiger partial charge on any atom is 0.345 e. The zero-order chi connectivity index (χ0) is 22.7. The van der Waals surface area contributed by atoms with Crippen molar-refractivity contribution in [2.24, 2.45) is 7.05 Å². The van der Waals surface area contributed by atoms with E-state index in [2.05, 4.69) is 63.7 Å². The first-order valence-electron chi connectivity index (χ1n) is 9.25. The van der Waals surface area contributed by atoms with Gasteiger partial charge in [0.05, 0.1) is 31.5 Å². The first kappa shape index (κ1) is 21.9. The second-order valence-corrected chi connectivity index (χ2v) is 10.7. The molecule has 0 aliphatic rings. The van der Waals surface area contributed by atoms with E-state index in [1.54, 1.807) is 35.9 Å². The molecule has 3 heterocycles. The van der Waals surface area contributed by atoms with Gasteiger partial charge < -0.3 is 13.4 Å². The van der Waals surface area contributed by atoms with Crippen molar-refractivity contribution in [1.82, 2.24) is 4.57 Å². The van der Waals surface area contributed by atoms with E-state index >= 15 is 0 Å². The fourth-order valence-corrected chi connectivity index (χ4v) is 6.40. The number of halogens is 4. The van der Waals surface area contributed by atoms with E-state index in [0.29, 0.717) is 42.6 Å². The number of nitrogens with zero attached hydrogens (tertiary/aromatic N) is 1. The second kappa shape index (κ2) is 8.13. The molecule has 0 N–H and O–H groups in total. The van der Waals surface area contributed by atoms with Gasteiger partial charge in [0.15, 0.2) is 11.2 Å². The fourth-order valence-electron chi connectivity index (χ4n) is 3.72. The minimum atomic E-state index is -0.466. The van der Waals surface area contributed by atoms with E-state index in [1.807, 2.05) is 24.3 Å². The highest BCUT2D eigenvalue weighted by atomic mass is 79.9.